The van der Waals surface area contributed by atoms with Crippen LogP contribution in [0.1, 0.15) is 18.4 Å². The molecule has 1 aromatic carbocycles. The number of aromatic nitrogens is 1. The number of carbonyl (C=O) groups is 2. The third kappa shape index (κ3) is 2.38. The number of amides is 1. The number of carboxylic acids is 1. The normalized spacial score (nSPS) is 27.0. The number of nitrogens with zero attached hydrogens (tertiary/aromatic N) is 2. The van der Waals surface area contributed by atoms with Crippen molar-refractivity contribution in [2.75, 3.05) is 13.1 Å². The fraction of sp³-hybridized carbons (Fsp3) is 0.474. The molecule has 0 spiro atoms. The number of aryl methyl sites for hydroxylation is 2. The molecule has 5 nitrogen and oxygen atoms in total. The molecule has 1 aliphatic carbocycles. The summed E-state index contributed by atoms with van der Waals surface area (Å²) in [7, 11) is 1.89. The third-order valence-corrected chi connectivity index (χ3v) is 6.21. The van der Waals surface area contributed by atoms with Gasteiger partial charge in [0, 0.05) is 43.7 Å². The summed E-state index contributed by atoms with van der Waals surface area (Å²) in [6.45, 7) is -0.923. The number of halogens is 3. The van der Waals surface area contributed by atoms with Gasteiger partial charge in [-0.25, -0.2) is 0 Å². The van der Waals surface area contributed by atoms with Crippen molar-refractivity contribution in [1.82, 2.24) is 9.47 Å². The van der Waals surface area contributed by atoms with E-state index in [1.165, 1.54) is 0 Å². The largest absolute Gasteiger partial charge is 0.481 e. The van der Waals surface area contributed by atoms with E-state index < -0.39 is 41.8 Å². The Hall–Kier alpha value is -2.51. The highest BCUT2D eigenvalue weighted by Gasteiger charge is 2.87. The lowest BCUT2D eigenvalue weighted by Gasteiger charge is -2.22. The molecule has 8 heteroatoms. The summed E-state index contributed by atoms with van der Waals surface area (Å²) in [4.78, 5) is 25.1. The van der Waals surface area contributed by atoms with Crippen LogP contribution in [0.2, 0.25) is 0 Å². The topological polar surface area (TPSA) is 62.5 Å². The Bertz CT molecular complexity index is 951. The number of hydrogen-bond donors (Lipinski definition) is 1. The summed E-state index contributed by atoms with van der Waals surface area (Å²) >= 11 is 0. The summed E-state index contributed by atoms with van der Waals surface area (Å²) < 4.78 is 42.3. The average Bonchev–Trinajstić information content (AvgIpc) is 2.99. The van der Waals surface area contributed by atoms with Crippen LogP contribution in [0.3, 0.4) is 0 Å². The second-order valence-electron chi connectivity index (χ2n) is 7.68. The van der Waals surface area contributed by atoms with E-state index in [1.54, 1.807) is 0 Å². The summed E-state index contributed by atoms with van der Waals surface area (Å²) in [6, 6.07) is 7.71. The molecule has 0 bridgehead atoms. The van der Waals surface area contributed by atoms with E-state index in [0.29, 0.717) is 6.42 Å². The highest BCUT2D eigenvalue weighted by Crippen LogP contribution is 2.74. The van der Waals surface area contributed by atoms with Gasteiger partial charge in [0.15, 0.2) is 0 Å². The molecule has 1 N–H and O–H groups in total. The molecule has 2 fully saturated rings. The predicted molar refractivity (Wildman–Crippen MR) is 91.0 cm³/mol. The number of rotatable bonds is 4. The number of benzene rings is 1. The van der Waals surface area contributed by atoms with Crippen LogP contribution in [-0.2, 0) is 23.1 Å². The Labute approximate surface area is 153 Å². The Balaban J connectivity index is 1.49. The van der Waals surface area contributed by atoms with E-state index in [2.05, 4.69) is 0 Å². The summed E-state index contributed by atoms with van der Waals surface area (Å²) in [5, 5.41) is 10.3. The van der Waals surface area contributed by atoms with Crippen LogP contribution in [0.5, 0.6) is 0 Å². The summed E-state index contributed by atoms with van der Waals surface area (Å²) in [5.74, 6) is -1.90. The number of alkyl halides is 3. The molecule has 2 aromatic rings. The maximum atomic E-state index is 13.5. The molecule has 1 aliphatic heterocycles. The number of carboxylic acid groups (broad SMARTS) is 1. The molecule has 2 aliphatic rings. The second kappa shape index (κ2) is 5.50. The number of piperidine rings is 1. The van der Waals surface area contributed by atoms with Crippen molar-refractivity contribution >= 4 is 22.8 Å². The number of carbonyl (C=O) groups excluding carboxylic acids is 1. The minimum absolute atomic E-state index is 0.0532. The van der Waals surface area contributed by atoms with Crippen LogP contribution < -0.4 is 0 Å². The molecule has 1 saturated carbocycles. The molecule has 4 rings (SSSR count). The van der Waals surface area contributed by atoms with Crippen LogP contribution >= 0.6 is 0 Å². The van der Waals surface area contributed by atoms with Gasteiger partial charge in [-0.05, 0) is 24.5 Å². The maximum absolute atomic E-state index is 13.5. The van der Waals surface area contributed by atoms with Crippen LogP contribution in [0, 0.1) is 10.8 Å². The highest BCUT2D eigenvalue weighted by molar-refractivity contribution is 5.87. The maximum Gasteiger partial charge on any atom is 0.397 e. The highest BCUT2D eigenvalue weighted by atomic mass is 19.4. The van der Waals surface area contributed by atoms with Gasteiger partial charge in [0.25, 0.3) is 0 Å². The number of fused-ring (bicyclic) bond motifs is 2. The number of hydrogen-bond acceptors (Lipinski definition) is 2. The molecule has 1 saturated heterocycles. The van der Waals surface area contributed by atoms with Crippen molar-refractivity contribution in [3.8, 4) is 0 Å². The molecule has 0 radical (unpaired) electrons. The molecule has 0 unspecified atom stereocenters. The van der Waals surface area contributed by atoms with Crippen molar-refractivity contribution in [3.63, 3.8) is 0 Å². The van der Waals surface area contributed by atoms with E-state index >= 15 is 0 Å². The Morgan fingerprint density at radius 3 is 2.56 bits per heavy atom. The quantitative estimate of drug-likeness (QED) is 0.887. The molecule has 2 atom stereocenters. The SMILES string of the molecule is Cn1cc(CCC(=O)N2C[C@]3(C(=O)O)C[C@]3(C(F)(F)F)C2)c2ccccc21. The lowest BCUT2D eigenvalue weighted by Crippen LogP contribution is -2.36. The molecule has 2 heterocycles. The van der Waals surface area contributed by atoms with Crippen LogP contribution in [0.15, 0.2) is 30.5 Å². The molecule has 27 heavy (non-hydrogen) atoms. The van der Waals surface area contributed by atoms with Crippen LogP contribution in [-0.4, -0.2) is 45.7 Å². The van der Waals surface area contributed by atoms with Crippen molar-refractivity contribution in [3.05, 3.63) is 36.0 Å². The van der Waals surface area contributed by atoms with E-state index in [9.17, 15) is 27.9 Å². The Kier molecular flexibility index (Phi) is 3.64. The Morgan fingerprint density at radius 2 is 1.93 bits per heavy atom. The summed E-state index contributed by atoms with van der Waals surface area (Å²) in [6.07, 6.45) is -2.70. The van der Waals surface area contributed by atoms with E-state index in [0.717, 1.165) is 21.4 Å². The van der Waals surface area contributed by atoms with E-state index in [1.807, 2.05) is 42.1 Å². The zero-order valence-corrected chi connectivity index (χ0v) is 14.7. The molecule has 144 valence electrons. The van der Waals surface area contributed by atoms with E-state index in [-0.39, 0.29) is 13.0 Å². The standard InChI is InChI=1S/C19H19F3N2O3/c1-23-8-12(13-4-2-3-5-14(13)23)6-7-15(25)24-10-17(16(26)27)9-18(17,11-24)19(20,21)22/h2-5,8H,6-7,9-11H2,1H3,(H,26,27)/t17-,18-/m0/s1. The third-order valence-electron chi connectivity index (χ3n) is 6.21. The predicted octanol–water partition coefficient (Wildman–Crippen LogP) is 2.98. The van der Waals surface area contributed by atoms with Crippen LogP contribution in [0.4, 0.5) is 13.2 Å². The lowest BCUT2D eigenvalue weighted by molar-refractivity contribution is -0.196. The fourth-order valence-electron chi connectivity index (χ4n) is 4.60. The van der Waals surface area contributed by atoms with E-state index in [4.69, 9.17) is 0 Å². The first kappa shape index (κ1) is 17.9. The zero-order valence-electron chi connectivity index (χ0n) is 14.7. The van der Waals surface area contributed by atoms with Crippen molar-refractivity contribution in [2.45, 2.75) is 25.4 Å². The van der Waals surface area contributed by atoms with Gasteiger partial charge in [0.05, 0.1) is 0 Å². The van der Waals surface area contributed by atoms with Gasteiger partial charge < -0.3 is 14.6 Å². The van der Waals surface area contributed by atoms with Gasteiger partial charge in [-0.1, -0.05) is 18.2 Å². The van der Waals surface area contributed by atoms with Crippen LogP contribution in [0.25, 0.3) is 10.9 Å². The van der Waals surface area contributed by atoms with Crippen molar-refractivity contribution in [1.29, 1.82) is 0 Å². The molecular weight excluding hydrogens is 361 g/mol. The van der Waals surface area contributed by atoms with Gasteiger partial charge >= 0.3 is 12.1 Å². The van der Waals surface area contributed by atoms with Gasteiger partial charge in [0.2, 0.25) is 5.91 Å². The molecule has 1 amide bonds. The van der Waals surface area contributed by atoms with Gasteiger partial charge in [-0.3, -0.25) is 9.59 Å². The van der Waals surface area contributed by atoms with Gasteiger partial charge in [-0.2, -0.15) is 13.2 Å². The van der Waals surface area contributed by atoms with Gasteiger partial charge in [0.1, 0.15) is 10.8 Å². The number of aliphatic carboxylic acids is 1. The first-order chi connectivity index (χ1) is 12.6. The number of para-hydroxylation sites is 1. The first-order valence-electron chi connectivity index (χ1n) is 8.72. The molecule has 1 aromatic heterocycles. The van der Waals surface area contributed by atoms with Crippen molar-refractivity contribution < 1.29 is 27.9 Å². The fourth-order valence-corrected chi connectivity index (χ4v) is 4.60. The average molecular weight is 380 g/mol. The number of likely N-dealkylation sites (tertiary alicyclic amines) is 1. The monoisotopic (exact) mass is 380 g/mol. The molecular formula is C19H19F3N2O3. The smallest absolute Gasteiger partial charge is 0.397 e. The Morgan fingerprint density at radius 1 is 1.22 bits per heavy atom. The minimum Gasteiger partial charge on any atom is -0.481 e. The van der Waals surface area contributed by atoms with Crippen molar-refractivity contribution in [2.24, 2.45) is 17.9 Å². The minimum atomic E-state index is -4.63. The zero-order chi connectivity index (χ0) is 19.6. The van der Waals surface area contributed by atoms with Gasteiger partial charge in [-0.15, -0.1) is 0 Å². The first-order valence-corrected chi connectivity index (χ1v) is 8.72. The second-order valence-corrected chi connectivity index (χ2v) is 7.68. The summed E-state index contributed by atoms with van der Waals surface area (Å²) in [5.41, 5.74) is -2.20. The lowest BCUT2D eigenvalue weighted by atomic mass is 9.96.